The molecule has 1 rings (SSSR count). The van der Waals surface area contributed by atoms with Gasteiger partial charge in [-0.15, -0.1) is 0 Å². The summed E-state index contributed by atoms with van der Waals surface area (Å²) in [6.07, 6.45) is 0. The van der Waals surface area contributed by atoms with Gasteiger partial charge in [-0.3, -0.25) is 10.1 Å². The molecule has 5 heteroatoms. The summed E-state index contributed by atoms with van der Waals surface area (Å²) in [5.74, 6) is -0.275. The summed E-state index contributed by atoms with van der Waals surface area (Å²) in [5.41, 5.74) is 5.68. The first-order chi connectivity index (χ1) is 5.70. The molecule has 2 radical (unpaired) electrons. The van der Waals surface area contributed by atoms with E-state index in [4.69, 9.17) is 5.73 Å². The zero-order valence-electron chi connectivity index (χ0n) is 6.99. The molecule has 13 heavy (non-hydrogen) atoms. The fraction of sp³-hybridized carbons (Fsp3) is 0. The number of thiocarbonyl (C=S) groups is 1. The van der Waals surface area contributed by atoms with Crippen LogP contribution in [-0.4, -0.2) is 59.9 Å². The molecule has 3 N–H and O–H groups in total. The molecule has 1 amide bonds. The molecule has 0 aromatic heterocycles. The second kappa shape index (κ2) is 6.58. The minimum atomic E-state index is -0.275. The number of nitrogens with one attached hydrogen (secondary N) is 1. The van der Waals surface area contributed by atoms with Crippen LogP contribution in [0.25, 0.3) is 0 Å². The molecule has 0 fully saturated rings. The molecule has 0 spiro atoms. The van der Waals surface area contributed by atoms with Crippen LogP contribution in [0.1, 0.15) is 10.4 Å². The van der Waals surface area contributed by atoms with E-state index in [-0.39, 0.29) is 59.9 Å². The Hall–Kier alpha value is 0.151. The molecule has 3 nitrogen and oxygen atoms in total. The molecule has 0 bridgehead atoms. The smallest absolute Gasteiger partial charge is 0.257 e. The molecular formula is C8H8BaN2OS. The van der Waals surface area contributed by atoms with Crippen molar-refractivity contribution in [1.82, 2.24) is 5.32 Å². The largest absolute Gasteiger partial charge is 0.376 e. The van der Waals surface area contributed by atoms with Crippen LogP contribution in [0.5, 0.6) is 0 Å². The van der Waals surface area contributed by atoms with Crippen LogP contribution in [0.3, 0.4) is 0 Å². The number of carbonyl (C=O) groups excluding carboxylic acids is 1. The Balaban J connectivity index is 0.00000144. The van der Waals surface area contributed by atoms with Crippen molar-refractivity contribution in [2.24, 2.45) is 5.73 Å². The third-order valence-electron chi connectivity index (χ3n) is 1.27. The second-order valence-corrected chi connectivity index (χ2v) is 2.62. The Bertz CT molecular complexity index is 302. The van der Waals surface area contributed by atoms with E-state index in [9.17, 15) is 4.79 Å². The number of hydrogen-bond donors (Lipinski definition) is 2. The topological polar surface area (TPSA) is 55.1 Å². The predicted molar refractivity (Wildman–Crippen MR) is 56.4 cm³/mol. The summed E-state index contributed by atoms with van der Waals surface area (Å²) >= 11 is 4.52. The maximum Gasteiger partial charge on any atom is 0.257 e. The van der Waals surface area contributed by atoms with Crippen LogP contribution in [0.15, 0.2) is 30.3 Å². The number of amides is 1. The van der Waals surface area contributed by atoms with E-state index in [1.54, 1.807) is 24.3 Å². The number of carbonyl (C=O) groups is 1. The first-order valence-electron chi connectivity index (χ1n) is 3.36. The monoisotopic (exact) mass is 318 g/mol. The van der Waals surface area contributed by atoms with Gasteiger partial charge in [0.1, 0.15) is 0 Å². The quantitative estimate of drug-likeness (QED) is 0.578. The minimum Gasteiger partial charge on any atom is -0.376 e. The summed E-state index contributed by atoms with van der Waals surface area (Å²) in [4.78, 5) is 11.2. The summed E-state index contributed by atoms with van der Waals surface area (Å²) in [6.45, 7) is 0. The van der Waals surface area contributed by atoms with Crippen LogP contribution < -0.4 is 11.1 Å². The molecule has 64 valence electrons. The molecule has 0 aliphatic carbocycles. The van der Waals surface area contributed by atoms with E-state index in [0.29, 0.717) is 5.56 Å². The first kappa shape index (κ1) is 13.2. The van der Waals surface area contributed by atoms with Crippen molar-refractivity contribution in [3.8, 4) is 0 Å². The summed E-state index contributed by atoms with van der Waals surface area (Å²) in [5, 5.41) is 2.32. The van der Waals surface area contributed by atoms with Gasteiger partial charge in [0.15, 0.2) is 5.11 Å². The maximum atomic E-state index is 11.2. The van der Waals surface area contributed by atoms with Crippen LogP contribution >= 0.6 is 12.2 Å². The normalized spacial score (nSPS) is 8.31. The zero-order chi connectivity index (χ0) is 8.97. The second-order valence-electron chi connectivity index (χ2n) is 2.18. The average Bonchev–Trinajstić information content (AvgIpc) is 2.05. The van der Waals surface area contributed by atoms with Crippen molar-refractivity contribution in [2.45, 2.75) is 0 Å². The van der Waals surface area contributed by atoms with Gasteiger partial charge in [0.25, 0.3) is 5.91 Å². The summed E-state index contributed by atoms with van der Waals surface area (Å²) in [7, 11) is 0. The third-order valence-corrected chi connectivity index (χ3v) is 1.37. The number of hydrogen-bond acceptors (Lipinski definition) is 2. The van der Waals surface area contributed by atoms with Gasteiger partial charge in [-0.1, -0.05) is 18.2 Å². The Morgan fingerprint density at radius 3 is 2.31 bits per heavy atom. The Labute approximate surface area is 122 Å². The third kappa shape index (κ3) is 4.80. The molecule has 0 aliphatic heterocycles. The van der Waals surface area contributed by atoms with Crippen molar-refractivity contribution >= 4 is 72.1 Å². The molecule has 0 unspecified atom stereocenters. The van der Waals surface area contributed by atoms with Gasteiger partial charge in [0.05, 0.1) is 0 Å². The van der Waals surface area contributed by atoms with Gasteiger partial charge in [0.2, 0.25) is 0 Å². The molecule has 0 saturated carbocycles. The van der Waals surface area contributed by atoms with Crippen LogP contribution in [0, 0.1) is 0 Å². The van der Waals surface area contributed by atoms with Gasteiger partial charge in [-0.2, -0.15) is 0 Å². The molecule has 1 aromatic rings. The van der Waals surface area contributed by atoms with E-state index in [2.05, 4.69) is 17.5 Å². The SMILES string of the molecule is NC(=S)NC(=O)c1ccccc1.[Ba]. The van der Waals surface area contributed by atoms with Crippen molar-refractivity contribution < 1.29 is 4.79 Å². The molecule has 1 aromatic carbocycles. The van der Waals surface area contributed by atoms with E-state index >= 15 is 0 Å². The number of rotatable bonds is 1. The fourth-order valence-corrected chi connectivity index (χ4v) is 0.866. The van der Waals surface area contributed by atoms with Crippen molar-refractivity contribution in [3.63, 3.8) is 0 Å². The van der Waals surface area contributed by atoms with E-state index < -0.39 is 0 Å². The number of benzene rings is 1. The number of nitrogens with two attached hydrogens (primary N) is 1. The van der Waals surface area contributed by atoms with Gasteiger partial charge >= 0.3 is 0 Å². The Kier molecular flexibility index (Phi) is 6.66. The fourth-order valence-electron chi connectivity index (χ4n) is 0.774. The van der Waals surface area contributed by atoms with Gasteiger partial charge < -0.3 is 5.73 Å². The minimum absolute atomic E-state index is 0. The van der Waals surface area contributed by atoms with Gasteiger partial charge in [0, 0.05) is 54.4 Å². The molecule has 0 heterocycles. The maximum absolute atomic E-state index is 11.2. The van der Waals surface area contributed by atoms with E-state index in [1.807, 2.05) is 6.07 Å². The predicted octanol–water partition coefficient (Wildman–Crippen LogP) is 0.279. The van der Waals surface area contributed by atoms with Crippen LogP contribution in [0.2, 0.25) is 0 Å². The molecular weight excluding hydrogens is 309 g/mol. The molecule has 0 aliphatic rings. The Morgan fingerprint density at radius 1 is 1.31 bits per heavy atom. The van der Waals surface area contributed by atoms with Crippen LogP contribution in [0.4, 0.5) is 0 Å². The zero-order valence-corrected chi connectivity index (χ0v) is 12.2. The van der Waals surface area contributed by atoms with Crippen molar-refractivity contribution in [1.29, 1.82) is 0 Å². The van der Waals surface area contributed by atoms with Crippen LogP contribution in [-0.2, 0) is 0 Å². The van der Waals surface area contributed by atoms with E-state index in [1.165, 1.54) is 0 Å². The summed E-state index contributed by atoms with van der Waals surface area (Å²) in [6, 6.07) is 8.75. The molecule has 0 atom stereocenters. The van der Waals surface area contributed by atoms with Crippen molar-refractivity contribution in [2.75, 3.05) is 0 Å². The van der Waals surface area contributed by atoms with Gasteiger partial charge in [-0.25, -0.2) is 0 Å². The van der Waals surface area contributed by atoms with Crippen molar-refractivity contribution in [3.05, 3.63) is 35.9 Å². The average molecular weight is 318 g/mol. The first-order valence-corrected chi connectivity index (χ1v) is 3.77. The van der Waals surface area contributed by atoms with E-state index in [0.717, 1.165) is 0 Å². The Morgan fingerprint density at radius 2 is 1.85 bits per heavy atom. The van der Waals surface area contributed by atoms with Gasteiger partial charge in [-0.05, 0) is 24.4 Å². The summed E-state index contributed by atoms with van der Waals surface area (Å²) < 4.78 is 0. The molecule has 0 saturated heterocycles. The standard InChI is InChI=1S/C8H8N2OS.Ba/c9-8(12)10-7(11)6-4-2-1-3-5-6;/h1-5H,(H3,9,10,11,12);.